The molecule has 0 heterocycles. The van der Waals surface area contributed by atoms with Gasteiger partial charge in [0.1, 0.15) is 0 Å². The molecule has 0 aromatic carbocycles. The van der Waals surface area contributed by atoms with Crippen LogP contribution in [0.2, 0.25) is 0 Å². The zero-order chi connectivity index (χ0) is 13.5. The lowest BCUT2D eigenvalue weighted by molar-refractivity contribution is -0.127. The van der Waals surface area contributed by atoms with E-state index < -0.39 is 0 Å². The molecule has 0 saturated carbocycles. The fourth-order valence-corrected chi connectivity index (χ4v) is 2.29. The van der Waals surface area contributed by atoms with E-state index in [0.29, 0.717) is 19.0 Å². The van der Waals surface area contributed by atoms with E-state index in [1.54, 1.807) is 17.9 Å². The van der Waals surface area contributed by atoms with Crippen LogP contribution in [0.3, 0.4) is 0 Å². The molecule has 1 unspecified atom stereocenters. The van der Waals surface area contributed by atoms with E-state index in [0.717, 1.165) is 6.42 Å². The summed E-state index contributed by atoms with van der Waals surface area (Å²) in [6.45, 7) is 11.0. The molecule has 0 spiro atoms. The minimum Gasteiger partial charge on any atom is -0.336 e. The number of allylic oxidation sites excluding steroid dienone is 3. The standard InChI is InChI=1S/C16H25NO/c1-5-11-17(15(4)18)12-10-14(3)16-8-6-13(2)7-9-16/h5-6,10,16H,1,7-9,11-12H2,2-4H3/b14-10-. The number of nitrogens with zero attached hydrogens (tertiary/aromatic N) is 1. The van der Waals surface area contributed by atoms with E-state index in [-0.39, 0.29) is 5.91 Å². The van der Waals surface area contributed by atoms with Crippen molar-refractivity contribution in [3.8, 4) is 0 Å². The molecule has 0 saturated heterocycles. The van der Waals surface area contributed by atoms with Crippen LogP contribution in [0, 0.1) is 5.92 Å². The van der Waals surface area contributed by atoms with Crippen molar-refractivity contribution in [3.05, 3.63) is 36.0 Å². The maximum absolute atomic E-state index is 11.4. The predicted octanol–water partition coefficient (Wildman–Crippen LogP) is 3.71. The van der Waals surface area contributed by atoms with E-state index >= 15 is 0 Å². The SMILES string of the molecule is C=CCN(C/C=C(/C)C1CC=C(C)CC1)C(C)=O. The smallest absolute Gasteiger partial charge is 0.220 e. The lowest BCUT2D eigenvalue weighted by Crippen LogP contribution is -2.29. The van der Waals surface area contributed by atoms with E-state index in [2.05, 4.69) is 32.6 Å². The first kappa shape index (κ1) is 14.7. The van der Waals surface area contributed by atoms with Crippen LogP contribution in [0.15, 0.2) is 36.0 Å². The summed E-state index contributed by atoms with van der Waals surface area (Å²) in [5.41, 5.74) is 2.92. The van der Waals surface area contributed by atoms with E-state index in [4.69, 9.17) is 0 Å². The van der Waals surface area contributed by atoms with Gasteiger partial charge in [0.2, 0.25) is 5.91 Å². The van der Waals surface area contributed by atoms with Crippen LogP contribution in [0.25, 0.3) is 0 Å². The molecule has 1 rings (SSSR count). The zero-order valence-electron chi connectivity index (χ0n) is 11.9. The van der Waals surface area contributed by atoms with Gasteiger partial charge in [-0.15, -0.1) is 6.58 Å². The lowest BCUT2D eigenvalue weighted by atomic mass is 9.85. The molecule has 0 aliphatic heterocycles. The van der Waals surface area contributed by atoms with Gasteiger partial charge in [-0.2, -0.15) is 0 Å². The van der Waals surface area contributed by atoms with Crippen molar-refractivity contribution in [2.24, 2.45) is 5.92 Å². The van der Waals surface area contributed by atoms with Gasteiger partial charge in [-0.25, -0.2) is 0 Å². The number of carbonyl (C=O) groups excluding carboxylic acids is 1. The van der Waals surface area contributed by atoms with Crippen LogP contribution >= 0.6 is 0 Å². The molecule has 0 fully saturated rings. The van der Waals surface area contributed by atoms with Gasteiger partial charge in [-0.05, 0) is 39.0 Å². The second-order valence-electron chi connectivity index (χ2n) is 5.18. The highest BCUT2D eigenvalue weighted by atomic mass is 16.2. The summed E-state index contributed by atoms with van der Waals surface area (Å²) in [4.78, 5) is 13.2. The fraction of sp³-hybridized carbons (Fsp3) is 0.562. The average molecular weight is 247 g/mol. The first-order valence-corrected chi connectivity index (χ1v) is 6.73. The van der Waals surface area contributed by atoms with Crippen molar-refractivity contribution in [2.45, 2.75) is 40.0 Å². The van der Waals surface area contributed by atoms with Crippen molar-refractivity contribution < 1.29 is 4.79 Å². The van der Waals surface area contributed by atoms with Crippen LogP contribution in [0.5, 0.6) is 0 Å². The molecular formula is C16H25NO. The Hall–Kier alpha value is -1.31. The van der Waals surface area contributed by atoms with Crippen molar-refractivity contribution >= 4 is 5.91 Å². The summed E-state index contributed by atoms with van der Waals surface area (Å²) in [6, 6.07) is 0. The highest BCUT2D eigenvalue weighted by molar-refractivity contribution is 5.73. The monoisotopic (exact) mass is 247 g/mol. The molecule has 0 aromatic heterocycles. The predicted molar refractivity (Wildman–Crippen MR) is 77.3 cm³/mol. The number of hydrogen-bond donors (Lipinski definition) is 0. The first-order valence-electron chi connectivity index (χ1n) is 6.73. The van der Waals surface area contributed by atoms with Gasteiger partial charge in [-0.1, -0.05) is 29.4 Å². The molecule has 2 heteroatoms. The third-order valence-corrected chi connectivity index (χ3v) is 3.71. The van der Waals surface area contributed by atoms with Crippen molar-refractivity contribution in [2.75, 3.05) is 13.1 Å². The van der Waals surface area contributed by atoms with Crippen LogP contribution < -0.4 is 0 Å². The highest BCUT2D eigenvalue weighted by Crippen LogP contribution is 2.28. The first-order chi connectivity index (χ1) is 8.54. The molecule has 18 heavy (non-hydrogen) atoms. The minimum atomic E-state index is 0.110. The van der Waals surface area contributed by atoms with E-state index in [1.807, 2.05) is 0 Å². The van der Waals surface area contributed by atoms with Gasteiger partial charge in [0.25, 0.3) is 0 Å². The molecule has 0 aromatic rings. The Bertz CT molecular complexity index is 365. The summed E-state index contributed by atoms with van der Waals surface area (Å²) in [7, 11) is 0. The summed E-state index contributed by atoms with van der Waals surface area (Å²) in [6.07, 6.45) is 9.92. The average Bonchev–Trinajstić information content (AvgIpc) is 2.34. The molecule has 0 N–H and O–H groups in total. The Balaban J connectivity index is 2.55. The highest BCUT2D eigenvalue weighted by Gasteiger charge is 2.14. The van der Waals surface area contributed by atoms with Gasteiger partial charge in [0, 0.05) is 20.0 Å². The molecule has 2 nitrogen and oxygen atoms in total. The molecule has 0 bridgehead atoms. The lowest BCUT2D eigenvalue weighted by Gasteiger charge is -2.23. The van der Waals surface area contributed by atoms with E-state index in [9.17, 15) is 4.79 Å². The Morgan fingerprint density at radius 2 is 2.22 bits per heavy atom. The summed E-state index contributed by atoms with van der Waals surface area (Å²) in [5.74, 6) is 0.768. The number of rotatable bonds is 5. The zero-order valence-corrected chi connectivity index (χ0v) is 11.9. The van der Waals surface area contributed by atoms with Crippen molar-refractivity contribution in [1.29, 1.82) is 0 Å². The molecule has 1 aliphatic rings. The summed E-state index contributed by atoms with van der Waals surface area (Å²) >= 11 is 0. The maximum atomic E-state index is 11.4. The third kappa shape index (κ3) is 4.52. The topological polar surface area (TPSA) is 20.3 Å². The normalized spacial score (nSPS) is 20.3. The van der Waals surface area contributed by atoms with Gasteiger partial charge >= 0.3 is 0 Å². The second-order valence-corrected chi connectivity index (χ2v) is 5.18. The molecule has 1 amide bonds. The van der Waals surface area contributed by atoms with Gasteiger partial charge in [0.05, 0.1) is 0 Å². The van der Waals surface area contributed by atoms with Crippen LogP contribution in [0.1, 0.15) is 40.0 Å². The number of hydrogen-bond acceptors (Lipinski definition) is 1. The molecule has 100 valence electrons. The second kappa shape index (κ2) is 7.20. The molecular weight excluding hydrogens is 222 g/mol. The Kier molecular flexibility index (Phi) is 5.90. The summed E-state index contributed by atoms with van der Waals surface area (Å²) in [5, 5.41) is 0. The number of amides is 1. The van der Waals surface area contributed by atoms with Crippen molar-refractivity contribution in [3.63, 3.8) is 0 Å². The molecule has 1 aliphatic carbocycles. The largest absolute Gasteiger partial charge is 0.336 e. The van der Waals surface area contributed by atoms with Crippen LogP contribution in [-0.4, -0.2) is 23.9 Å². The minimum absolute atomic E-state index is 0.110. The maximum Gasteiger partial charge on any atom is 0.220 e. The molecule has 1 atom stereocenters. The quantitative estimate of drug-likeness (QED) is 0.678. The van der Waals surface area contributed by atoms with Gasteiger partial charge in [0.15, 0.2) is 0 Å². The Labute approximate surface area is 111 Å². The third-order valence-electron chi connectivity index (χ3n) is 3.71. The van der Waals surface area contributed by atoms with Gasteiger partial charge < -0.3 is 4.90 Å². The number of carbonyl (C=O) groups is 1. The van der Waals surface area contributed by atoms with Gasteiger partial charge in [-0.3, -0.25) is 4.79 Å². The van der Waals surface area contributed by atoms with Crippen molar-refractivity contribution in [1.82, 2.24) is 4.90 Å². The Morgan fingerprint density at radius 3 is 2.72 bits per heavy atom. The summed E-state index contributed by atoms with van der Waals surface area (Å²) < 4.78 is 0. The Morgan fingerprint density at radius 1 is 1.50 bits per heavy atom. The molecule has 0 radical (unpaired) electrons. The van der Waals surface area contributed by atoms with Crippen LogP contribution in [0.4, 0.5) is 0 Å². The van der Waals surface area contributed by atoms with Crippen LogP contribution in [-0.2, 0) is 4.79 Å². The fourth-order valence-electron chi connectivity index (χ4n) is 2.29. The van der Waals surface area contributed by atoms with E-state index in [1.165, 1.54) is 24.0 Å².